The number of amides is 1. The van der Waals surface area contributed by atoms with Crippen LogP contribution in [0.5, 0.6) is 0 Å². The van der Waals surface area contributed by atoms with Crippen LogP contribution in [0.15, 0.2) is 47.1 Å². The fraction of sp³-hybridized carbons (Fsp3) is 0.565. The number of rotatable bonds is 3. The zero-order valence-electron chi connectivity index (χ0n) is 15.9. The van der Waals surface area contributed by atoms with E-state index < -0.39 is 0 Å². The van der Waals surface area contributed by atoms with Crippen LogP contribution in [-0.4, -0.2) is 30.4 Å². The van der Waals surface area contributed by atoms with Gasteiger partial charge in [-0.1, -0.05) is 36.0 Å². The number of piperidine rings is 1. The minimum Gasteiger partial charge on any atom is -0.335 e. The fourth-order valence-electron chi connectivity index (χ4n) is 5.27. The molecule has 3 aliphatic carbocycles. The van der Waals surface area contributed by atoms with Gasteiger partial charge in [0.25, 0.3) is 0 Å². The molecule has 0 radical (unpaired) electrons. The van der Waals surface area contributed by atoms with Gasteiger partial charge in [-0.3, -0.25) is 4.79 Å². The number of allylic oxidation sites excluding steroid dienone is 5. The third kappa shape index (κ3) is 3.29. The number of hydrogen-bond donors (Lipinski definition) is 1. The van der Waals surface area contributed by atoms with Gasteiger partial charge in [-0.05, 0) is 37.2 Å². The quantitative estimate of drug-likeness (QED) is 0.621. The third-order valence-corrected chi connectivity index (χ3v) is 6.86. The van der Waals surface area contributed by atoms with E-state index in [1.165, 1.54) is 24.0 Å². The van der Waals surface area contributed by atoms with E-state index in [2.05, 4.69) is 48.6 Å². The minimum absolute atomic E-state index is 0.266. The van der Waals surface area contributed by atoms with Crippen LogP contribution in [0.25, 0.3) is 0 Å². The Labute approximate surface area is 157 Å². The van der Waals surface area contributed by atoms with Crippen molar-refractivity contribution in [3.05, 3.63) is 53.5 Å². The highest BCUT2D eigenvalue weighted by Gasteiger charge is 2.39. The molecule has 3 heteroatoms. The van der Waals surface area contributed by atoms with Gasteiger partial charge in [0.15, 0.2) is 0 Å². The molecule has 2 N–H and O–H groups in total. The van der Waals surface area contributed by atoms with Gasteiger partial charge in [-0.25, -0.2) is 0 Å². The van der Waals surface area contributed by atoms with Crippen molar-refractivity contribution < 1.29 is 4.79 Å². The largest absolute Gasteiger partial charge is 0.335 e. The van der Waals surface area contributed by atoms with Gasteiger partial charge in [0, 0.05) is 43.5 Å². The first-order chi connectivity index (χ1) is 12.7. The van der Waals surface area contributed by atoms with Gasteiger partial charge in [0.2, 0.25) is 5.91 Å². The molecule has 138 valence electrons. The van der Waals surface area contributed by atoms with Crippen molar-refractivity contribution in [1.82, 2.24) is 4.90 Å². The van der Waals surface area contributed by atoms with Gasteiger partial charge in [-0.15, -0.1) is 0 Å². The normalized spacial score (nSPS) is 33.5. The van der Waals surface area contributed by atoms with Gasteiger partial charge in [0.05, 0.1) is 13.3 Å². The average Bonchev–Trinajstić information content (AvgIpc) is 2.71. The monoisotopic (exact) mass is 351 g/mol. The summed E-state index contributed by atoms with van der Waals surface area (Å²) in [7, 11) is 0. The second-order valence-corrected chi connectivity index (χ2v) is 8.33. The smallest absolute Gasteiger partial charge is 0.249 e. The lowest BCUT2D eigenvalue weighted by Gasteiger charge is -2.38. The molecule has 1 aliphatic heterocycles. The maximum absolute atomic E-state index is 13.2. The van der Waals surface area contributed by atoms with Gasteiger partial charge in [-0.2, -0.15) is 0 Å². The zero-order valence-corrected chi connectivity index (χ0v) is 15.9. The van der Waals surface area contributed by atoms with E-state index in [4.69, 9.17) is 5.73 Å². The number of fused-ring (bicyclic) bond motifs is 2. The van der Waals surface area contributed by atoms with Crippen molar-refractivity contribution >= 4 is 5.91 Å². The first-order valence-corrected chi connectivity index (χ1v) is 10.2. The zero-order chi connectivity index (χ0) is 18.1. The molecule has 1 saturated heterocycles. The van der Waals surface area contributed by atoms with Crippen molar-refractivity contribution in [3.63, 3.8) is 0 Å². The Morgan fingerprint density at radius 3 is 3.00 bits per heavy atom. The molecule has 0 bridgehead atoms. The van der Waals surface area contributed by atoms with E-state index in [-0.39, 0.29) is 5.91 Å². The molecule has 4 aliphatic rings. The van der Waals surface area contributed by atoms with Gasteiger partial charge in [0.1, 0.15) is 5.92 Å². The number of carbonyl (C=O) groups is 1. The summed E-state index contributed by atoms with van der Waals surface area (Å²) in [6.07, 6.45) is 19.1. The maximum atomic E-state index is 13.2. The molecule has 0 spiro atoms. The predicted octanol–water partition coefficient (Wildman–Crippen LogP) is 3.80. The lowest BCUT2D eigenvalue weighted by molar-refractivity contribution is -0.128. The van der Waals surface area contributed by atoms with Crippen LogP contribution >= 0.6 is 0 Å². The highest BCUT2D eigenvalue weighted by molar-refractivity contribution is 5.94. The van der Waals surface area contributed by atoms with Crippen molar-refractivity contribution in [2.24, 2.45) is 29.4 Å². The van der Waals surface area contributed by atoms with E-state index in [0.29, 0.717) is 30.2 Å². The molecule has 4 unspecified atom stereocenters. The Kier molecular flexibility index (Phi) is 5.08. The van der Waals surface area contributed by atoms with Crippen LogP contribution in [0.1, 0.15) is 39.0 Å². The molecule has 0 aromatic heterocycles. The summed E-state index contributed by atoms with van der Waals surface area (Å²) in [5.41, 5.74) is 9.58. The van der Waals surface area contributed by atoms with Crippen LogP contribution < -0.4 is 5.73 Å². The molecular formula is C23H31N2O+. The highest BCUT2D eigenvalue weighted by atomic mass is 16.2. The second-order valence-electron chi connectivity index (χ2n) is 8.33. The van der Waals surface area contributed by atoms with E-state index >= 15 is 0 Å². The van der Waals surface area contributed by atoms with E-state index in [1.54, 1.807) is 0 Å². The SMILES string of the molecule is C[CH+]C1CC(C(=O)N2CCC3CC(CN)=CC=C3C2)=CC2C=CCCC21. The summed E-state index contributed by atoms with van der Waals surface area (Å²) in [6.45, 7) is 4.48. The van der Waals surface area contributed by atoms with Crippen molar-refractivity contribution in [1.29, 1.82) is 0 Å². The summed E-state index contributed by atoms with van der Waals surface area (Å²) in [5, 5.41) is 0. The molecule has 0 saturated carbocycles. The predicted molar refractivity (Wildman–Crippen MR) is 106 cm³/mol. The lowest BCUT2D eigenvalue weighted by atomic mass is 9.68. The molecule has 3 nitrogen and oxygen atoms in total. The fourth-order valence-corrected chi connectivity index (χ4v) is 5.27. The number of nitrogens with zero attached hydrogens (tertiary/aromatic N) is 1. The average molecular weight is 352 g/mol. The Morgan fingerprint density at radius 2 is 2.19 bits per heavy atom. The summed E-state index contributed by atoms with van der Waals surface area (Å²) in [5.74, 6) is 2.52. The second kappa shape index (κ2) is 7.48. The summed E-state index contributed by atoms with van der Waals surface area (Å²) in [4.78, 5) is 15.3. The molecule has 1 heterocycles. The maximum Gasteiger partial charge on any atom is 0.249 e. The van der Waals surface area contributed by atoms with E-state index in [1.807, 2.05) is 0 Å². The summed E-state index contributed by atoms with van der Waals surface area (Å²) in [6, 6.07) is 0. The molecule has 1 amide bonds. The van der Waals surface area contributed by atoms with Crippen LogP contribution in [0.2, 0.25) is 0 Å². The highest BCUT2D eigenvalue weighted by Crippen LogP contribution is 2.42. The number of nitrogens with two attached hydrogens (primary N) is 1. The Hall–Kier alpha value is -1.74. The molecule has 1 fully saturated rings. The van der Waals surface area contributed by atoms with Gasteiger partial charge < -0.3 is 10.6 Å². The minimum atomic E-state index is 0.266. The molecular weight excluding hydrogens is 320 g/mol. The standard InChI is InChI=1S/C23H31N2O/c1-2-17-12-21(13-19-5-3-4-6-22(17)19)23(26)25-10-9-18-11-16(14-24)7-8-20(18)15-25/h2-3,5,7-8,13,17-19,22H,4,6,9-12,14-15,24H2,1H3/q+1. The molecule has 0 aromatic rings. The summed E-state index contributed by atoms with van der Waals surface area (Å²) >= 11 is 0. The third-order valence-electron chi connectivity index (χ3n) is 6.86. The van der Waals surface area contributed by atoms with Crippen LogP contribution in [0, 0.1) is 30.1 Å². The number of hydrogen-bond acceptors (Lipinski definition) is 2. The van der Waals surface area contributed by atoms with Crippen LogP contribution in [0.3, 0.4) is 0 Å². The number of likely N-dealkylation sites (tertiary alicyclic amines) is 1. The Bertz CT molecular complexity index is 684. The lowest BCUT2D eigenvalue weighted by Crippen LogP contribution is -2.42. The van der Waals surface area contributed by atoms with Crippen molar-refractivity contribution in [2.75, 3.05) is 19.6 Å². The summed E-state index contributed by atoms with van der Waals surface area (Å²) < 4.78 is 0. The van der Waals surface area contributed by atoms with Crippen molar-refractivity contribution in [3.8, 4) is 0 Å². The van der Waals surface area contributed by atoms with Crippen LogP contribution in [0.4, 0.5) is 0 Å². The Morgan fingerprint density at radius 1 is 1.31 bits per heavy atom. The van der Waals surface area contributed by atoms with E-state index in [0.717, 1.165) is 37.9 Å². The van der Waals surface area contributed by atoms with Crippen LogP contribution in [-0.2, 0) is 4.79 Å². The first kappa shape index (κ1) is 17.7. The number of carbonyl (C=O) groups excluding carboxylic acids is 1. The molecule has 4 rings (SSSR count). The molecule has 26 heavy (non-hydrogen) atoms. The molecule has 0 aromatic carbocycles. The Balaban J connectivity index is 1.50. The van der Waals surface area contributed by atoms with Gasteiger partial charge >= 0.3 is 0 Å². The topological polar surface area (TPSA) is 46.3 Å². The van der Waals surface area contributed by atoms with Crippen molar-refractivity contribution in [2.45, 2.75) is 39.0 Å². The first-order valence-electron chi connectivity index (χ1n) is 10.2. The van der Waals surface area contributed by atoms with E-state index in [9.17, 15) is 4.79 Å². The molecule has 4 atom stereocenters.